The Morgan fingerprint density at radius 1 is 1.12 bits per heavy atom. The van der Waals surface area contributed by atoms with Crippen LogP contribution < -0.4 is 10.6 Å². The molecule has 6 heteroatoms. The normalized spacial score (nSPS) is 16.5. The van der Waals surface area contributed by atoms with Gasteiger partial charge in [-0.05, 0) is 26.3 Å². The largest absolute Gasteiger partial charge is 0.356 e. The van der Waals surface area contributed by atoms with Gasteiger partial charge in [0, 0.05) is 52.9 Å². The molecule has 6 nitrogen and oxygen atoms in total. The molecule has 1 aromatic rings. The predicted octanol–water partition coefficient (Wildman–Crippen LogP) is 1.54. The van der Waals surface area contributed by atoms with Gasteiger partial charge in [0.05, 0.1) is 5.41 Å². The van der Waals surface area contributed by atoms with Crippen LogP contribution in [0.1, 0.15) is 26.3 Å². The third-order valence-electron chi connectivity index (χ3n) is 4.77. The third kappa shape index (κ3) is 5.73. The molecule has 0 aliphatic carbocycles. The van der Waals surface area contributed by atoms with Crippen LogP contribution in [-0.4, -0.2) is 68.0 Å². The Morgan fingerprint density at radius 3 is 2.35 bits per heavy atom. The first-order valence-electron chi connectivity index (χ1n) is 9.46. The van der Waals surface area contributed by atoms with Crippen molar-refractivity contribution < 1.29 is 4.79 Å². The molecule has 1 saturated heterocycles. The van der Waals surface area contributed by atoms with Crippen LogP contribution in [0, 0.1) is 5.41 Å². The summed E-state index contributed by atoms with van der Waals surface area (Å²) in [7, 11) is 1.80. The predicted molar refractivity (Wildman–Crippen MR) is 107 cm³/mol. The number of aliphatic imine (C=N–C) groups is 1. The minimum Gasteiger partial charge on any atom is -0.356 e. The Kier molecular flexibility index (Phi) is 7.45. The van der Waals surface area contributed by atoms with E-state index in [1.807, 2.05) is 20.8 Å². The Labute approximate surface area is 157 Å². The lowest BCUT2D eigenvalue weighted by Gasteiger charge is -2.37. The highest BCUT2D eigenvalue weighted by atomic mass is 16.2. The average molecular weight is 360 g/mol. The Balaban J connectivity index is 1.82. The van der Waals surface area contributed by atoms with Crippen molar-refractivity contribution in [1.82, 2.24) is 20.4 Å². The lowest BCUT2D eigenvalue weighted by atomic mass is 9.92. The fourth-order valence-corrected chi connectivity index (χ4v) is 3.07. The van der Waals surface area contributed by atoms with Crippen molar-refractivity contribution >= 4 is 11.9 Å². The van der Waals surface area contributed by atoms with Crippen molar-refractivity contribution in [3.63, 3.8) is 0 Å². The number of nitrogens with one attached hydrogen (secondary N) is 2. The number of piperazine rings is 1. The maximum absolute atomic E-state index is 12.1. The number of rotatable bonds is 6. The van der Waals surface area contributed by atoms with Crippen LogP contribution >= 0.6 is 0 Å². The van der Waals surface area contributed by atoms with Gasteiger partial charge in [-0.25, -0.2) is 0 Å². The Morgan fingerprint density at radius 2 is 1.77 bits per heavy atom. The molecular formula is C20H33N5O. The molecule has 0 bridgehead atoms. The lowest BCUT2D eigenvalue weighted by Crippen LogP contribution is -2.54. The molecule has 2 rings (SSSR count). The van der Waals surface area contributed by atoms with Gasteiger partial charge in [-0.3, -0.25) is 14.7 Å². The summed E-state index contributed by atoms with van der Waals surface area (Å²) in [5.74, 6) is 0.942. The van der Waals surface area contributed by atoms with Gasteiger partial charge in [0.1, 0.15) is 0 Å². The summed E-state index contributed by atoms with van der Waals surface area (Å²) in [6.07, 6.45) is 0. The minimum absolute atomic E-state index is 0.0654. The van der Waals surface area contributed by atoms with E-state index in [1.165, 1.54) is 5.56 Å². The molecule has 0 radical (unpaired) electrons. The van der Waals surface area contributed by atoms with E-state index in [4.69, 9.17) is 0 Å². The van der Waals surface area contributed by atoms with Gasteiger partial charge in [-0.1, -0.05) is 30.3 Å². The molecule has 0 unspecified atom stereocenters. The summed E-state index contributed by atoms with van der Waals surface area (Å²) >= 11 is 0. The quantitative estimate of drug-likeness (QED) is 0.598. The standard InChI is InChI=1S/C20H33N5O/c1-5-22-18(26)20(2,3)16-23-19(21-4)25-13-11-24(12-14-25)15-17-9-7-6-8-10-17/h6-10H,5,11-16H2,1-4H3,(H,21,23)(H,22,26). The van der Waals surface area contributed by atoms with Crippen molar-refractivity contribution in [3.8, 4) is 0 Å². The van der Waals surface area contributed by atoms with Gasteiger partial charge in [-0.2, -0.15) is 0 Å². The summed E-state index contributed by atoms with van der Waals surface area (Å²) in [4.78, 5) is 21.3. The number of guanidine groups is 1. The summed E-state index contributed by atoms with van der Waals surface area (Å²) in [6.45, 7) is 12.0. The highest BCUT2D eigenvalue weighted by Gasteiger charge is 2.28. The molecule has 0 aromatic heterocycles. The van der Waals surface area contributed by atoms with Crippen molar-refractivity contribution in [2.75, 3.05) is 46.3 Å². The van der Waals surface area contributed by atoms with Crippen LogP contribution in [0.3, 0.4) is 0 Å². The van der Waals surface area contributed by atoms with E-state index in [1.54, 1.807) is 7.05 Å². The van der Waals surface area contributed by atoms with Gasteiger partial charge in [0.25, 0.3) is 0 Å². The van der Waals surface area contributed by atoms with Gasteiger partial charge < -0.3 is 15.5 Å². The molecule has 1 heterocycles. The van der Waals surface area contributed by atoms with E-state index in [0.717, 1.165) is 38.7 Å². The van der Waals surface area contributed by atoms with E-state index in [2.05, 4.69) is 55.8 Å². The SMILES string of the molecule is CCNC(=O)C(C)(C)CNC(=NC)N1CCN(Cc2ccccc2)CC1. The van der Waals surface area contributed by atoms with Crippen molar-refractivity contribution in [1.29, 1.82) is 0 Å². The molecule has 1 amide bonds. The first-order chi connectivity index (χ1) is 12.5. The third-order valence-corrected chi connectivity index (χ3v) is 4.77. The fourth-order valence-electron chi connectivity index (χ4n) is 3.07. The zero-order valence-electron chi connectivity index (χ0n) is 16.6. The highest BCUT2D eigenvalue weighted by Crippen LogP contribution is 2.14. The van der Waals surface area contributed by atoms with Gasteiger partial charge >= 0.3 is 0 Å². The molecule has 2 N–H and O–H groups in total. The zero-order valence-corrected chi connectivity index (χ0v) is 16.6. The second kappa shape index (κ2) is 9.57. The number of hydrogen-bond donors (Lipinski definition) is 2. The topological polar surface area (TPSA) is 60.0 Å². The van der Waals surface area contributed by atoms with E-state index in [0.29, 0.717) is 13.1 Å². The summed E-state index contributed by atoms with van der Waals surface area (Å²) in [6, 6.07) is 10.6. The van der Waals surface area contributed by atoms with Gasteiger partial charge in [-0.15, -0.1) is 0 Å². The van der Waals surface area contributed by atoms with Gasteiger partial charge in [0.2, 0.25) is 5.91 Å². The first-order valence-corrected chi connectivity index (χ1v) is 9.46. The van der Waals surface area contributed by atoms with Crippen LogP contribution in [-0.2, 0) is 11.3 Å². The molecule has 26 heavy (non-hydrogen) atoms. The molecule has 0 atom stereocenters. The van der Waals surface area contributed by atoms with E-state index >= 15 is 0 Å². The minimum atomic E-state index is -0.471. The summed E-state index contributed by atoms with van der Waals surface area (Å²) < 4.78 is 0. The molecule has 0 saturated carbocycles. The van der Waals surface area contributed by atoms with Crippen LogP contribution in [0.15, 0.2) is 35.3 Å². The van der Waals surface area contributed by atoms with Crippen molar-refractivity contribution in [2.45, 2.75) is 27.3 Å². The number of carbonyl (C=O) groups excluding carboxylic acids is 1. The maximum atomic E-state index is 12.1. The smallest absolute Gasteiger partial charge is 0.227 e. The Hall–Kier alpha value is -2.08. The Bertz CT molecular complexity index is 591. The molecular weight excluding hydrogens is 326 g/mol. The average Bonchev–Trinajstić information content (AvgIpc) is 2.64. The highest BCUT2D eigenvalue weighted by molar-refractivity contribution is 5.84. The number of amides is 1. The van der Waals surface area contributed by atoms with E-state index in [-0.39, 0.29) is 5.91 Å². The molecule has 0 spiro atoms. The molecule has 1 aromatic carbocycles. The second-order valence-corrected chi connectivity index (χ2v) is 7.39. The molecule has 1 fully saturated rings. The van der Waals surface area contributed by atoms with E-state index in [9.17, 15) is 4.79 Å². The van der Waals surface area contributed by atoms with Crippen LogP contribution in [0.2, 0.25) is 0 Å². The zero-order chi connectivity index (χ0) is 19.0. The van der Waals surface area contributed by atoms with Crippen LogP contribution in [0.5, 0.6) is 0 Å². The molecule has 1 aliphatic heterocycles. The fraction of sp³-hybridized carbons (Fsp3) is 0.600. The van der Waals surface area contributed by atoms with Crippen molar-refractivity contribution in [3.05, 3.63) is 35.9 Å². The maximum Gasteiger partial charge on any atom is 0.227 e. The van der Waals surface area contributed by atoms with E-state index < -0.39 is 5.41 Å². The van der Waals surface area contributed by atoms with Crippen LogP contribution in [0.4, 0.5) is 0 Å². The number of benzene rings is 1. The number of carbonyl (C=O) groups is 1. The second-order valence-electron chi connectivity index (χ2n) is 7.39. The monoisotopic (exact) mass is 359 g/mol. The summed E-state index contributed by atoms with van der Waals surface area (Å²) in [5, 5.41) is 6.28. The summed E-state index contributed by atoms with van der Waals surface area (Å²) in [5.41, 5.74) is 0.883. The van der Waals surface area contributed by atoms with Crippen LogP contribution in [0.25, 0.3) is 0 Å². The lowest BCUT2D eigenvalue weighted by molar-refractivity contribution is -0.128. The molecule has 1 aliphatic rings. The number of hydrogen-bond acceptors (Lipinski definition) is 3. The molecule has 144 valence electrons. The van der Waals surface area contributed by atoms with Crippen molar-refractivity contribution in [2.24, 2.45) is 10.4 Å². The first kappa shape index (κ1) is 20.2. The number of nitrogens with zero attached hydrogens (tertiary/aromatic N) is 3. The van der Waals surface area contributed by atoms with Gasteiger partial charge in [0.15, 0.2) is 5.96 Å².